The summed E-state index contributed by atoms with van der Waals surface area (Å²) in [5.74, 6) is -0.00791. The molecule has 0 saturated carbocycles. The fraction of sp³-hybridized carbons (Fsp3) is 0.529. The molecule has 1 fully saturated rings. The molecule has 1 aromatic rings. The summed E-state index contributed by atoms with van der Waals surface area (Å²) in [6.45, 7) is 6.11. The van der Waals surface area contributed by atoms with E-state index in [-0.39, 0.29) is 25.0 Å². The van der Waals surface area contributed by atoms with Crippen LogP contribution >= 0.6 is 11.6 Å². The molecule has 0 aliphatic carbocycles. The molecule has 0 bridgehead atoms. The number of rotatable bonds is 7. The zero-order valence-corrected chi connectivity index (χ0v) is 15.2. The van der Waals surface area contributed by atoms with Crippen molar-refractivity contribution >= 4 is 29.1 Å². The Morgan fingerprint density at radius 2 is 2.08 bits per heavy atom. The van der Waals surface area contributed by atoms with Crippen molar-refractivity contribution in [1.29, 1.82) is 0 Å². The molecule has 0 aromatic heterocycles. The van der Waals surface area contributed by atoms with Gasteiger partial charge in [-0.2, -0.15) is 0 Å². The van der Waals surface area contributed by atoms with Gasteiger partial charge in [0, 0.05) is 18.8 Å². The third kappa shape index (κ3) is 5.59. The molecule has 1 aromatic carbocycles. The number of carbonyl (C=O) groups excluding carboxylic acids is 2. The van der Waals surface area contributed by atoms with Crippen LogP contribution in [-0.2, 0) is 19.1 Å². The van der Waals surface area contributed by atoms with E-state index in [0.717, 1.165) is 0 Å². The Hall–Kier alpha value is -1.83. The molecule has 1 heterocycles. The van der Waals surface area contributed by atoms with Crippen LogP contribution in [-0.4, -0.2) is 62.3 Å². The normalized spacial score (nSPS) is 17.0. The minimum atomic E-state index is -0.629. The first-order valence-electron chi connectivity index (χ1n) is 8.25. The second-order valence-electron chi connectivity index (χ2n) is 5.42. The van der Waals surface area contributed by atoms with E-state index < -0.39 is 6.10 Å². The lowest BCUT2D eigenvalue weighted by atomic mass is 10.2. The predicted molar refractivity (Wildman–Crippen MR) is 94.1 cm³/mol. The van der Waals surface area contributed by atoms with E-state index in [1.54, 1.807) is 23.1 Å². The maximum Gasteiger partial charge on any atom is 0.260 e. The number of hydrogen-bond donors (Lipinski definition) is 1. The lowest BCUT2D eigenvalue weighted by molar-refractivity contribution is -0.142. The fourth-order valence-corrected chi connectivity index (χ4v) is 2.60. The zero-order chi connectivity index (χ0) is 18.2. The SMILES string of the molecule is CCN(CC)C(=O)COc1ccc(NC(=O)[C@H]2COCCO2)cc1Cl. The predicted octanol–water partition coefficient (Wildman–Crippen LogP) is 1.94. The minimum Gasteiger partial charge on any atom is -0.482 e. The lowest BCUT2D eigenvalue weighted by Crippen LogP contribution is -2.39. The van der Waals surface area contributed by atoms with Gasteiger partial charge in [-0.3, -0.25) is 9.59 Å². The first-order valence-corrected chi connectivity index (χ1v) is 8.63. The second kappa shape index (κ2) is 9.60. The van der Waals surface area contributed by atoms with Crippen LogP contribution in [0.25, 0.3) is 0 Å². The van der Waals surface area contributed by atoms with Gasteiger partial charge >= 0.3 is 0 Å². The molecule has 8 heteroatoms. The topological polar surface area (TPSA) is 77.1 Å². The van der Waals surface area contributed by atoms with Crippen molar-refractivity contribution in [3.05, 3.63) is 23.2 Å². The third-order valence-corrected chi connectivity index (χ3v) is 4.07. The lowest BCUT2D eigenvalue weighted by Gasteiger charge is -2.22. The van der Waals surface area contributed by atoms with E-state index in [4.69, 9.17) is 25.8 Å². The average molecular weight is 371 g/mol. The summed E-state index contributed by atoms with van der Waals surface area (Å²) >= 11 is 6.17. The second-order valence-corrected chi connectivity index (χ2v) is 5.83. The molecule has 1 aliphatic rings. The molecule has 7 nitrogen and oxygen atoms in total. The van der Waals surface area contributed by atoms with Gasteiger partial charge in [-0.15, -0.1) is 0 Å². The van der Waals surface area contributed by atoms with Crippen LogP contribution in [0.3, 0.4) is 0 Å². The number of hydrogen-bond acceptors (Lipinski definition) is 5. The average Bonchev–Trinajstić information content (AvgIpc) is 2.62. The van der Waals surface area contributed by atoms with Gasteiger partial charge in [-0.05, 0) is 32.0 Å². The van der Waals surface area contributed by atoms with E-state index in [1.807, 2.05) is 13.8 Å². The van der Waals surface area contributed by atoms with Crippen molar-refractivity contribution in [3.8, 4) is 5.75 Å². The highest BCUT2D eigenvalue weighted by Crippen LogP contribution is 2.28. The molecular formula is C17H23ClN2O5. The van der Waals surface area contributed by atoms with Crippen LogP contribution in [0, 0.1) is 0 Å². The summed E-state index contributed by atoms with van der Waals surface area (Å²) in [7, 11) is 0. The van der Waals surface area contributed by atoms with E-state index in [0.29, 0.717) is 42.8 Å². The minimum absolute atomic E-state index is 0.0830. The summed E-state index contributed by atoms with van der Waals surface area (Å²) in [6, 6.07) is 4.84. The molecule has 2 rings (SSSR count). The first-order chi connectivity index (χ1) is 12.0. The molecular weight excluding hydrogens is 348 g/mol. The van der Waals surface area contributed by atoms with Crippen LogP contribution in [0.2, 0.25) is 5.02 Å². The summed E-state index contributed by atoms with van der Waals surface area (Å²) in [5.41, 5.74) is 0.520. The van der Waals surface area contributed by atoms with Gasteiger partial charge in [0.1, 0.15) is 5.75 Å². The Kier molecular flexibility index (Phi) is 7.49. The maximum absolute atomic E-state index is 12.1. The highest BCUT2D eigenvalue weighted by molar-refractivity contribution is 6.32. The van der Waals surface area contributed by atoms with Gasteiger partial charge in [0.05, 0.1) is 24.8 Å². The number of nitrogens with one attached hydrogen (secondary N) is 1. The largest absolute Gasteiger partial charge is 0.482 e. The fourth-order valence-electron chi connectivity index (χ4n) is 2.36. The number of amides is 2. The van der Waals surface area contributed by atoms with Crippen molar-refractivity contribution < 1.29 is 23.8 Å². The smallest absolute Gasteiger partial charge is 0.260 e. The number of carbonyl (C=O) groups is 2. The van der Waals surface area contributed by atoms with Crippen LogP contribution in [0.5, 0.6) is 5.75 Å². The number of benzene rings is 1. The van der Waals surface area contributed by atoms with Crippen LogP contribution in [0.1, 0.15) is 13.8 Å². The number of likely N-dealkylation sites (N-methyl/N-ethyl adjacent to an activating group) is 1. The van der Waals surface area contributed by atoms with Gasteiger partial charge < -0.3 is 24.4 Å². The molecule has 138 valence electrons. The Bertz CT molecular complexity index is 601. The van der Waals surface area contributed by atoms with Crippen molar-refractivity contribution in [3.63, 3.8) is 0 Å². The van der Waals surface area contributed by atoms with Crippen molar-refractivity contribution in [2.75, 3.05) is 44.8 Å². The first kappa shape index (κ1) is 19.5. The number of halogens is 1. The number of anilines is 1. The van der Waals surface area contributed by atoms with Gasteiger partial charge in [0.15, 0.2) is 12.7 Å². The Morgan fingerprint density at radius 1 is 1.32 bits per heavy atom. The zero-order valence-electron chi connectivity index (χ0n) is 14.4. The highest BCUT2D eigenvalue weighted by Gasteiger charge is 2.23. The van der Waals surface area contributed by atoms with Crippen molar-refractivity contribution in [2.45, 2.75) is 20.0 Å². The molecule has 1 atom stereocenters. The van der Waals surface area contributed by atoms with E-state index >= 15 is 0 Å². The number of nitrogens with zero attached hydrogens (tertiary/aromatic N) is 1. The maximum atomic E-state index is 12.1. The van der Waals surface area contributed by atoms with Crippen LogP contribution in [0.4, 0.5) is 5.69 Å². The molecule has 1 aliphatic heterocycles. The van der Waals surface area contributed by atoms with E-state index in [1.165, 1.54) is 0 Å². The quantitative estimate of drug-likeness (QED) is 0.793. The number of ether oxygens (including phenoxy) is 3. The molecule has 0 spiro atoms. The standard InChI is InChI=1S/C17H23ClN2O5/c1-3-20(4-2)16(21)11-25-14-6-5-12(9-13(14)18)19-17(22)15-10-23-7-8-24-15/h5-6,9,15H,3-4,7-8,10-11H2,1-2H3,(H,19,22)/t15-/m1/s1. The summed E-state index contributed by atoms with van der Waals surface area (Å²) in [6.07, 6.45) is -0.629. The van der Waals surface area contributed by atoms with Crippen LogP contribution < -0.4 is 10.1 Å². The van der Waals surface area contributed by atoms with Crippen LogP contribution in [0.15, 0.2) is 18.2 Å². The molecule has 0 radical (unpaired) electrons. The van der Waals surface area contributed by atoms with Crippen molar-refractivity contribution in [2.24, 2.45) is 0 Å². The molecule has 1 saturated heterocycles. The van der Waals surface area contributed by atoms with Gasteiger partial charge in [0.2, 0.25) is 0 Å². The molecule has 0 unspecified atom stereocenters. The Labute approximate surface area is 152 Å². The van der Waals surface area contributed by atoms with Gasteiger partial charge in [-0.1, -0.05) is 11.6 Å². The van der Waals surface area contributed by atoms with E-state index in [9.17, 15) is 9.59 Å². The third-order valence-electron chi connectivity index (χ3n) is 3.78. The van der Waals surface area contributed by atoms with Gasteiger partial charge in [0.25, 0.3) is 11.8 Å². The summed E-state index contributed by atoms with van der Waals surface area (Å²) in [4.78, 5) is 25.7. The molecule has 2 amide bonds. The van der Waals surface area contributed by atoms with Gasteiger partial charge in [-0.25, -0.2) is 0 Å². The highest BCUT2D eigenvalue weighted by atomic mass is 35.5. The summed E-state index contributed by atoms with van der Waals surface area (Å²) in [5, 5.41) is 3.03. The van der Waals surface area contributed by atoms with Crippen molar-refractivity contribution in [1.82, 2.24) is 4.90 Å². The van der Waals surface area contributed by atoms with E-state index in [2.05, 4.69) is 5.32 Å². The molecule has 25 heavy (non-hydrogen) atoms. The Morgan fingerprint density at radius 3 is 2.68 bits per heavy atom. The Balaban J connectivity index is 1.91. The monoisotopic (exact) mass is 370 g/mol. The summed E-state index contributed by atoms with van der Waals surface area (Å²) < 4.78 is 16.0. The molecule has 1 N–H and O–H groups in total.